The van der Waals surface area contributed by atoms with E-state index in [4.69, 9.17) is 5.73 Å². The van der Waals surface area contributed by atoms with Gasteiger partial charge in [0.1, 0.15) is 0 Å². The van der Waals surface area contributed by atoms with E-state index in [2.05, 4.69) is 0 Å². The third kappa shape index (κ3) is 3.99. The monoisotopic (exact) mass is 312 g/mol. The van der Waals surface area contributed by atoms with E-state index in [9.17, 15) is 17.2 Å². The summed E-state index contributed by atoms with van der Waals surface area (Å²) in [5, 5.41) is 0. The van der Waals surface area contributed by atoms with Gasteiger partial charge in [0.15, 0.2) is 11.6 Å². The highest BCUT2D eigenvalue weighted by Crippen LogP contribution is 2.19. The van der Waals surface area contributed by atoms with Crippen molar-refractivity contribution in [2.45, 2.75) is 12.3 Å². The van der Waals surface area contributed by atoms with Crippen molar-refractivity contribution in [2.75, 3.05) is 4.72 Å². The number of nitrogens with one attached hydrogen (secondary N) is 1. The summed E-state index contributed by atoms with van der Waals surface area (Å²) in [5.74, 6) is -2.69. The lowest BCUT2D eigenvalue weighted by Gasteiger charge is -2.10. The van der Waals surface area contributed by atoms with E-state index in [1.165, 1.54) is 6.07 Å². The second-order valence-electron chi connectivity index (χ2n) is 4.49. The van der Waals surface area contributed by atoms with Crippen molar-refractivity contribution in [3.05, 3.63) is 65.2 Å². The summed E-state index contributed by atoms with van der Waals surface area (Å²) in [7, 11) is -3.85. The minimum absolute atomic E-state index is 0.292. The zero-order valence-corrected chi connectivity index (χ0v) is 11.8. The van der Waals surface area contributed by atoms with Crippen LogP contribution in [0.1, 0.15) is 11.1 Å². The van der Waals surface area contributed by atoms with Gasteiger partial charge in [-0.2, -0.15) is 0 Å². The molecule has 0 saturated heterocycles. The normalized spacial score (nSPS) is 11.4. The molecule has 2 aromatic rings. The van der Waals surface area contributed by atoms with Crippen molar-refractivity contribution >= 4 is 15.7 Å². The van der Waals surface area contributed by atoms with Gasteiger partial charge in [0, 0.05) is 6.54 Å². The van der Waals surface area contributed by atoms with Crippen LogP contribution in [0.4, 0.5) is 14.5 Å². The molecule has 21 heavy (non-hydrogen) atoms. The number of anilines is 1. The molecule has 0 spiro atoms. The van der Waals surface area contributed by atoms with E-state index in [1.807, 2.05) is 4.72 Å². The van der Waals surface area contributed by atoms with Gasteiger partial charge < -0.3 is 5.73 Å². The molecule has 0 atom stereocenters. The molecule has 0 aliphatic heterocycles. The smallest absolute Gasteiger partial charge is 0.237 e. The van der Waals surface area contributed by atoms with Gasteiger partial charge >= 0.3 is 0 Å². The highest BCUT2D eigenvalue weighted by molar-refractivity contribution is 7.91. The number of sulfonamides is 1. The first-order chi connectivity index (χ1) is 9.91. The van der Waals surface area contributed by atoms with Crippen LogP contribution >= 0.6 is 0 Å². The van der Waals surface area contributed by atoms with Gasteiger partial charge in [0.25, 0.3) is 0 Å². The van der Waals surface area contributed by atoms with E-state index >= 15 is 0 Å². The highest BCUT2D eigenvalue weighted by Gasteiger charge is 2.16. The Bertz CT molecular complexity index is 748. The molecule has 0 radical (unpaired) electrons. The summed E-state index contributed by atoms with van der Waals surface area (Å²) >= 11 is 0. The van der Waals surface area contributed by atoms with Crippen molar-refractivity contribution in [3.63, 3.8) is 0 Å². The van der Waals surface area contributed by atoms with Crippen LogP contribution in [0.2, 0.25) is 0 Å². The van der Waals surface area contributed by atoms with Crippen molar-refractivity contribution in [1.29, 1.82) is 0 Å². The van der Waals surface area contributed by atoms with Crippen LogP contribution in [-0.4, -0.2) is 8.42 Å². The number of rotatable bonds is 5. The van der Waals surface area contributed by atoms with E-state index in [0.717, 1.165) is 17.7 Å². The fraction of sp³-hybridized carbons (Fsp3) is 0.143. The third-order valence-corrected chi connectivity index (χ3v) is 4.05. The summed E-state index contributed by atoms with van der Waals surface area (Å²) in [4.78, 5) is 0. The molecule has 112 valence electrons. The summed E-state index contributed by atoms with van der Waals surface area (Å²) in [5.41, 5.74) is 6.38. The van der Waals surface area contributed by atoms with Crippen LogP contribution in [0.15, 0.2) is 42.5 Å². The Kier molecular flexibility index (Phi) is 4.54. The minimum atomic E-state index is -3.85. The first kappa shape index (κ1) is 15.4. The Balaban J connectivity index is 2.20. The summed E-state index contributed by atoms with van der Waals surface area (Å²) in [6, 6.07) is 10.0. The molecule has 0 heterocycles. The molecule has 0 bridgehead atoms. The van der Waals surface area contributed by atoms with Crippen LogP contribution in [0, 0.1) is 11.6 Å². The van der Waals surface area contributed by atoms with Gasteiger partial charge in [0.05, 0.1) is 11.4 Å². The maximum Gasteiger partial charge on any atom is 0.237 e. The molecule has 0 amide bonds. The lowest BCUT2D eigenvalue weighted by atomic mass is 10.1. The molecular weight excluding hydrogens is 298 g/mol. The van der Waals surface area contributed by atoms with Gasteiger partial charge in [-0.05, 0) is 23.3 Å². The molecular formula is C14H14F2N2O2S. The number of nitrogens with two attached hydrogens (primary N) is 1. The second-order valence-corrected chi connectivity index (χ2v) is 6.21. The van der Waals surface area contributed by atoms with Crippen LogP contribution in [0.3, 0.4) is 0 Å². The standard InChI is InChI=1S/C14H14F2N2O2S/c15-12-5-2-6-13(14(12)16)18-21(19,20)9-11-4-1-3-10(7-11)8-17/h1-7,18H,8-9,17H2. The van der Waals surface area contributed by atoms with E-state index in [1.54, 1.807) is 24.3 Å². The van der Waals surface area contributed by atoms with Crippen LogP contribution in [0.25, 0.3) is 0 Å². The zero-order valence-electron chi connectivity index (χ0n) is 11.0. The van der Waals surface area contributed by atoms with E-state index < -0.39 is 27.3 Å². The molecule has 4 nitrogen and oxygen atoms in total. The Hall–Kier alpha value is -1.99. The SMILES string of the molecule is NCc1cccc(CS(=O)(=O)Nc2cccc(F)c2F)c1. The predicted octanol–water partition coefficient (Wildman–Crippen LogP) is 2.37. The van der Waals surface area contributed by atoms with Crippen molar-refractivity contribution in [2.24, 2.45) is 5.73 Å². The van der Waals surface area contributed by atoms with Crippen LogP contribution in [0.5, 0.6) is 0 Å². The predicted molar refractivity (Wildman–Crippen MR) is 76.9 cm³/mol. The van der Waals surface area contributed by atoms with Crippen molar-refractivity contribution in [3.8, 4) is 0 Å². The average Bonchev–Trinajstić information content (AvgIpc) is 2.43. The Morgan fingerprint density at radius 3 is 2.43 bits per heavy atom. The Morgan fingerprint density at radius 2 is 1.71 bits per heavy atom. The third-order valence-electron chi connectivity index (χ3n) is 2.80. The second kappa shape index (κ2) is 6.19. The molecule has 0 aliphatic rings. The van der Waals surface area contributed by atoms with Gasteiger partial charge in [-0.3, -0.25) is 4.72 Å². The average molecular weight is 312 g/mol. The first-order valence-electron chi connectivity index (χ1n) is 6.13. The van der Waals surface area contributed by atoms with Crippen molar-refractivity contribution < 1.29 is 17.2 Å². The van der Waals surface area contributed by atoms with Gasteiger partial charge in [-0.25, -0.2) is 17.2 Å². The van der Waals surface area contributed by atoms with E-state index in [-0.39, 0.29) is 5.75 Å². The van der Waals surface area contributed by atoms with Crippen LogP contribution < -0.4 is 10.5 Å². The largest absolute Gasteiger partial charge is 0.326 e. The molecule has 0 unspecified atom stereocenters. The number of halogens is 2. The molecule has 2 aromatic carbocycles. The van der Waals surface area contributed by atoms with E-state index in [0.29, 0.717) is 12.1 Å². The maximum atomic E-state index is 13.5. The fourth-order valence-electron chi connectivity index (χ4n) is 1.85. The van der Waals surface area contributed by atoms with Gasteiger partial charge in [0.2, 0.25) is 10.0 Å². The number of hydrogen-bond acceptors (Lipinski definition) is 3. The molecule has 3 N–H and O–H groups in total. The van der Waals surface area contributed by atoms with Crippen molar-refractivity contribution in [1.82, 2.24) is 0 Å². The molecule has 0 aliphatic carbocycles. The highest BCUT2D eigenvalue weighted by atomic mass is 32.2. The Morgan fingerprint density at radius 1 is 1.05 bits per heavy atom. The molecule has 0 saturated carbocycles. The molecule has 7 heteroatoms. The Labute approximate surface area is 121 Å². The molecule has 0 fully saturated rings. The van der Waals surface area contributed by atoms with Gasteiger partial charge in [-0.15, -0.1) is 0 Å². The lowest BCUT2D eigenvalue weighted by molar-refractivity contribution is 0.511. The maximum absolute atomic E-state index is 13.5. The first-order valence-corrected chi connectivity index (χ1v) is 7.79. The molecule has 0 aromatic heterocycles. The summed E-state index contributed by atoms with van der Waals surface area (Å²) < 4.78 is 52.6. The fourth-order valence-corrected chi connectivity index (χ4v) is 3.04. The van der Waals surface area contributed by atoms with Crippen LogP contribution in [-0.2, 0) is 22.3 Å². The lowest BCUT2D eigenvalue weighted by Crippen LogP contribution is -2.16. The number of benzene rings is 2. The topological polar surface area (TPSA) is 72.2 Å². The summed E-state index contributed by atoms with van der Waals surface area (Å²) in [6.45, 7) is 0.292. The van der Waals surface area contributed by atoms with Gasteiger partial charge in [-0.1, -0.05) is 30.3 Å². The summed E-state index contributed by atoms with van der Waals surface area (Å²) in [6.07, 6.45) is 0. The minimum Gasteiger partial charge on any atom is -0.326 e. The molecule has 2 rings (SSSR count). The zero-order chi connectivity index (χ0) is 15.5. The number of hydrogen-bond donors (Lipinski definition) is 2. The quantitative estimate of drug-likeness (QED) is 0.890.